The minimum atomic E-state index is -0.806. The van der Waals surface area contributed by atoms with E-state index in [9.17, 15) is 9.59 Å². The van der Waals surface area contributed by atoms with Crippen LogP contribution in [0.4, 0.5) is 10.5 Å². The molecule has 0 aliphatic carbocycles. The molecule has 0 saturated heterocycles. The molecule has 0 aliphatic heterocycles. The first kappa shape index (κ1) is 15.1. The van der Waals surface area contributed by atoms with Crippen LogP contribution in [0.1, 0.15) is 10.6 Å². The third-order valence-electron chi connectivity index (χ3n) is 3.13. The molecule has 0 aliphatic rings. The molecular formula is C14H14N4O4S. The van der Waals surface area contributed by atoms with E-state index in [4.69, 9.17) is 26.4 Å². The lowest BCUT2D eigenvalue weighted by Crippen LogP contribution is -2.21. The van der Waals surface area contributed by atoms with Gasteiger partial charge in [0, 0.05) is 16.6 Å². The minimum Gasteiger partial charge on any atom is -0.492 e. The second-order valence-corrected chi connectivity index (χ2v) is 5.77. The summed E-state index contributed by atoms with van der Waals surface area (Å²) in [5.74, 6) is -0.241. The van der Waals surface area contributed by atoms with Gasteiger partial charge in [0.1, 0.15) is 18.0 Å². The van der Waals surface area contributed by atoms with Crippen molar-refractivity contribution in [3.63, 3.8) is 0 Å². The molecule has 2 heterocycles. The van der Waals surface area contributed by atoms with Crippen molar-refractivity contribution in [1.82, 2.24) is 0 Å². The van der Waals surface area contributed by atoms with E-state index in [1.54, 1.807) is 6.07 Å². The zero-order valence-corrected chi connectivity index (χ0v) is 12.7. The second kappa shape index (κ2) is 5.78. The lowest BCUT2D eigenvalue weighted by Gasteiger charge is -2.03. The van der Waals surface area contributed by atoms with Gasteiger partial charge in [-0.1, -0.05) is 0 Å². The van der Waals surface area contributed by atoms with Crippen molar-refractivity contribution in [2.75, 3.05) is 18.5 Å². The number of rotatable bonds is 5. The first-order chi connectivity index (χ1) is 11.0. The molecule has 0 radical (unpaired) electrons. The van der Waals surface area contributed by atoms with E-state index in [0.29, 0.717) is 29.2 Å². The zero-order valence-electron chi connectivity index (χ0n) is 11.9. The molecule has 120 valence electrons. The van der Waals surface area contributed by atoms with Gasteiger partial charge in [-0.2, -0.15) is 0 Å². The summed E-state index contributed by atoms with van der Waals surface area (Å²) in [5, 5.41) is 3.18. The Morgan fingerprint density at radius 2 is 2.09 bits per heavy atom. The Bertz CT molecular complexity index is 914. The van der Waals surface area contributed by atoms with Gasteiger partial charge >= 0.3 is 6.03 Å². The number of carbonyl (C=O) groups excluding carboxylic acids is 2. The molecule has 0 unspecified atom stereocenters. The van der Waals surface area contributed by atoms with Crippen molar-refractivity contribution < 1.29 is 18.7 Å². The lowest BCUT2D eigenvalue weighted by molar-refractivity contribution is 0.0977. The zero-order chi connectivity index (χ0) is 16.6. The highest BCUT2D eigenvalue weighted by molar-refractivity contribution is 7.26. The number of furan rings is 1. The first-order valence-corrected chi connectivity index (χ1v) is 7.51. The number of hydrogen-bond donors (Lipinski definition) is 4. The normalized spacial score (nSPS) is 11.0. The summed E-state index contributed by atoms with van der Waals surface area (Å²) in [6.07, 6.45) is 0. The van der Waals surface area contributed by atoms with Crippen molar-refractivity contribution >= 4 is 49.3 Å². The van der Waals surface area contributed by atoms with Crippen molar-refractivity contribution in [2.45, 2.75) is 0 Å². The first-order valence-electron chi connectivity index (χ1n) is 6.69. The number of nitrogens with one attached hydrogen (secondary N) is 1. The van der Waals surface area contributed by atoms with Crippen LogP contribution < -0.4 is 27.3 Å². The van der Waals surface area contributed by atoms with Crippen molar-refractivity contribution in [3.8, 4) is 5.75 Å². The van der Waals surface area contributed by atoms with Crippen LogP contribution in [0.5, 0.6) is 5.75 Å². The summed E-state index contributed by atoms with van der Waals surface area (Å²) in [4.78, 5) is 22.7. The van der Waals surface area contributed by atoms with Crippen LogP contribution in [0.15, 0.2) is 22.6 Å². The molecule has 0 fully saturated rings. The Morgan fingerprint density at radius 1 is 1.30 bits per heavy atom. The summed E-state index contributed by atoms with van der Waals surface area (Å²) in [7, 11) is 0. The van der Waals surface area contributed by atoms with E-state index in [1.807, 2.05) is 12.1 Å². The quantitative estimate of drug-likeness (QED) is 0.559. The largest absolute Gasteiger partial charge is 0.492 e. The maximum atomic E-state index is 11.5. The fourth-order valence-corrected chi connectivity index (χ4v) is 3.41. The molecule has 7 N–H and O–H groups in total. The minimum absolute atomic E-state index is 0.129. The number of carbonyl (C=O) groups is 2. The van der Waals surface area contributed by atoms with E-state index >= 15 is 0 Å². The van der Waals surface area contributed by atoms with E-state index < -0.39 is 11.9 Å². The highest BCUT2D eigenvalue weighted by Crippen LogP contribution is 2.43. The predicted molar refractivity (Wildman–Crippen MR) is 87.9 cm³/mol. The number of primary amides is 2. The van der Waals surface area contributed by atoms with Crippen LogP contribution >= 0.6 is 11.3 Å². The highest BCUT2D eigenvalue weighted by Gasteiger charge is 2.23. The molecule has 0 bridgehead atoms. The average molecular weight is 334 g/mol. The van der Waals surface area contributed by atoms with Crippen LogP contribution in [0, 0.1) is 0 Å². The lowest BCUT2D eigenvalue weighted by atomic mass is 10.2. The van der Waals surface area contributed by atoms with Gasteiger partial charge < -0.3 is 31.7 Å². The third kappa shape index (κ3) is 2.67. The molecule has 0 spiro atoms. The molecule has 23 heavy (non-hydrogen) atoms. The van der Waals surface area contributed by atoms with Crippen molar-refractivity contribution in [3.05, 3.63) is 24.0 Å². The molecule has 3 amide bonds. The molecule has 8 nitrogen and oxygen atoms in total. The molecule has 9 heteroatoms. The SMILES string of the molecule is NCCOc1ccc2c(c1)sc1c(NC(N)=O)c(C(N)=O)oc12. The number of thiophene rings is 1. The Hall–Kier alpha value is -2.78. The fourth-order valence-electron chi connectivity index (χ4n) is 2.25. The van der Waals surface area contributed by atoms with Crippen LogP contribution in [0.2, 0.25) is 0 Å². The Morgan fingerprint density at radius 3 is 2.74 bits per heavy atom. The predicted octanol–water partition coefficient (Wildman–Crippen LogP) is 1.57. The summed E-state index contributed by atoms with van der Waals surface area (Å²) in [6.45, 7) is 0.826. The van der Waals surface area contributed by atoms with Gasteiger partial charge in [-0.25, -0.2) is 4.79 Å². The molecule has 3 rings (SSSR count). The molecule has 0 atom stereocenters. The van der Waals surface area contributed by atoms with E-state index in [0.717, 1.165) is 10.1 Å². The topological polar surface area (TPSA) is 147 Å². The van der Waals surface area contributed by atoms with E-state index in [-0.39, 0.29) is 11.4 Å². The van der Waals surface area contributed by atoms with Gasteiger partial charge in [0.2, 0.25) is 5.76 Å². The Kier molecular flexibility index (Phi) is 3.80. The van der Waals surface area contributed by atoms with Crippen LogP contribution in [0.3, 0.4) is 0 Å². The number of urea groups is 1. The molecule has 1 aromatic carbocycles. The number of ether oxygens (including phenoxy) is 1. The highest BCUT2D eigenvalue weighted by atomic mass is 32.1. The number of fused-ring (bicyclic) bond motifs is 3. The monoisotopic (exact) mass is 334 g/mol. The number of anilines is 1. The average Bonchev–Trinajstić information content (AvgIpc) is 3.01. The van der Waals surface area contributed by atoms with Gasteiger partial charge in [-0.3, -0.25) is 4.79 Å². The van der Waals surface area contributed by atoms with Gasteiger partial charge in [0.25, 0.3) is 5.91 Å². The number of hydrogen-bond acceptors (Lipinski definition) is 6. The van der Waals surface area contributed by atoms with Gasteiger partial charge in [-0.15, -0.1) is 11.3 Å². The van der Waals surface area contributed by atoms with Crippen molar-refractivity contribution in [1.29, 1.82) is 0 Å². The summed E-state index contributed by atoms with van der Waals surface area (Å²) in [5.41, 5.74) is 16.5. The van der Waals surface area contributed by atoms with Gasteiger partial charge in [0.05, 0.1) is 4.70 Å². The maximum absolute atomic E-state index is 11.5. The fraction of sp³-hybridized carbons (Fsp3) is 0.143. The summed E-state index contributed by atoms with van der Waals surface area (Å²) in [6, 6.07) is 4.61. The Labute approximate surface area is 134 Å². The maximum Gasteiger partial charge on any atom is 0.316 e. The van der Waals surface area contributed by atoms with Crippen LogP contribution in [-0.4, -0.2) is 25.1 Å². The number of amides is 3. The molecular weight excluding hydrogens is 320 g/mol. The number of nitrogens with two attached hydrogens (primary N) is 3. The summed E-state index contributed by atoms with van der Waals surface area (Å²) >= 11 is 1.33. The smallest absolute Gasteiger partial charge is 0.316 e. The third-order valence-corrected chi connectivity index (χ3v) is 4.28. The molecule has 0 saturated carbocycles. The van der Waals surface area contributed by atoms with Gasteiger partial charge in [0.15, 0.2) is 5.58 Å². The second-order valence-electron chi connectivity index (χ2n) is 4.72. The number of benzene rings is 1. The summed E-state index contributed by atoms with van der Waals surface area (Å²) < 4.78 is 12.5. The Balaban J connectivity index is 2.17. The molecule has 3 aromatic rings. The van der Waals surface area contributed by atoms with Crippen molar-refractivity contribution in [2.24, 2.45) is 17.2 Å². The van der Waals surface area contributed by atoms with E-state index in [1.165, 1.54) is 11.3 Å². The molecule has 2 aromatic heterocycles. The van der Waals surface area contributed by atoms with E-state index in [2.05, 4.69) is 5.32 Å². The standard InChI is InChI=1S/C14H14N4O4S/c15-3-4-21-6-1-2-7-8(5-6)23-12-9(18-14(17)20)11(13(16)19)22-10(7)12/h1-2,5H,3-4,15H2,(H2,16,19)(H3,17,18,20). The van der Waals surface area contributed by atoms with Gasteiger partial charge in [-0.05, 0) is 18.2 Å². The van der Waals surface area contributed by atoms with Crippen LogP contribution in [0.25, 0.3) is 20.4 Å². The van der Waals surface area contributed by atoms with Crippen LogP contribution in [-0.2, 0) is 0 Å².